The Morgan fingerprint density at radius 2 is 2.21 bits per heavy atom. The van der Waals surface area contributed by atoms with Crippen LogP contribution >= 0.6 is 27.5 Å². The third-order valence-electron chi connectivity index (χ3n) is 1.96. The van der Waals surface area contributed by atoms with Crippen molar-refractivity contribution in [3.8, 4) is 0 Å². The molecule has 76 valence electrons. The van der Waals surface area contributed by atoms with Gasteiger partial charge in [-0.3, -0.25) is 0 Å². The molecule has 1 aromatic rings. The molecule has 0 amide bonds. The highest BCUT2D eigenvalue weighted by Gasteiger charge is 2.32. The second kappa shape index (κ2) is 3.88. The Hall–Kier alpha value is -0.580. The number of hydrogen-bond acceptors (Lipinski definition) is 2. The number of benzene rings is 1. The van der Waals surface area contributed by atoms with Crippen molar-refractivity contribution in [2.24, 2.45) is 5.73 Å². The molecule has 5 heteroatoms. The van der Waals surface area contributed by atoms with Crippen LogP contribution in [0.25, 0.3) is 0 Å². The summed E-state index contributed by atoms with van der Waals surface area (Å²) in [6.45, 7) is 1.41. The maximum atomic E-state index is 10.9. The molecule has 0 aliphatic heterocycles. The van der Waals surface area contributed by atoms with Crippen LogP contribution in [0.15, 0.2) is 22.7 Å². The van der Waals surface area contributed by atoms with E-state index in [0.29, 0.717) is 15.1 Å². The number of carbonyl (C=O) groups is 1. The minimum absolute atomic E-state index is 0.333. The quantitative estimate of drug-likeness (QED) is 0.873. The van der Waals surface area contributed by atoms with E-state index in [-0.39, 0.29) is 0 Å². The number of rotatable bonds is 2. The summed E-state index contributed by atoms with van der Waals surface area (Å²) in [6.07, 6.45) is 0. The summed E-state index contributed by atoms with van der Waals surface area (Å²) in [6, 6.07) is 5.02. The Morgan fingerprint density at radius 3 is 2.71 bits per heavy atom. The standard InChI is InChI=1S/C9H9BrClNO2/c1-9(12,8(13)14)5-3-2-4-6(10)7(5)11/h2-4H,12H2,1H3,(H,13,14)/t9-/m1/s1. The van der Waals surface area contributed by atoms with Gasteiger partial charge in [0.25, 0.3) is 0 Å². The summed E-state index contributed by atoms with van der Waals surface area (Å²) in [4.78, 5) is 10.9. The normalized spacial score (nSPS) is 14.9. The van der Waals surface area contributed by atoms with Gasteiger partial charge < -0.3 is 10.8 Å². The summed E-state index contributed by atoms with van der Waals surface area (Å²) in [5.74, 6) is -1.11. The minimum Gasteiger partial charge on any atom is -0.480 e. The van der Waals surface area contributed by atoms with Crippen LogP contribution in [-0.2, 0) is 10.3 Å². The van der Waals surface area contributed by atoms with Crippen molar-refractivity contribution >= 4 is 33.5 Å². The van der Waals surface area contributed by atoms with Crippen molar-refractivity contribution in [2.75, 3.05) is 0 Å². The summed E-state index contributed by atoms with van der Waals surface area (Å²) >= 11 is 9.14. The average Bonchev–Trinajstić information content (AvgIpc) is 2.09. The van der Waals surface area contributed by atoms with E-state index in [1.807, 2.05) is 0 Å². The highest BCUT2D eigenvalue weighted by atomic mass is 79.9. The van der Waals surface area contributed by atoms with Gasteiger partial charge in [-0.15, -0.1) is 0 Å². The number of nitrogens with two attached hydrogens (primary N) is 1. The van der Waals surface area contributed by atoms with Crippen LogP contribution in [0.4, 0.5) is 0 Å². The molecule has 0 aliphatic rings. The first-order chi connectivity index (χ1) is 6.37. The Balaban J connectivity index is 3.33. The zero-order valence-corrected chi connectivity index (χ0v) is 9.76. The molecule has 0 fully saturated rings. The van der Waals surface area contributed by atoms with Gasteiger partial charge in [0, 0.05) is 10.0 Å². The highest BCUT2D eigenvalue weighted by molar-refractivity contribution is 9.10. The third-order valence-corrected chi connectivity index (χ3v) is 3.25. The van der Waals surface area contributed by atoms with Crippen molar-refractivity contribution in [3.63, 3.8) is 0 Å². The van der Waals surface area contributed by atoms with Crippen molar-refractivity contribution in [1.82, 2.24) is 0 Å². The lowest BCUT2D eigenvalue weighted by Crippen LogP contribution is -2.41. The van der Waals surface area contributed by atoms with E-state index < -0.39 is 11.5 Å². The van der Waals surface area contributed by atoms with Crippen LogP contribution in [0, 0.1) is 0 Å². The SMILES string of the molecule is C[C@](N)(C(=O)O)c1cccc(Br)c1Cl. The van der Waals surface area contributed by atoms with E-state index >= 15 is 0 Å². The fraction of sp³-hybridized carbons (Fsp3) is 0.222. The second-order valence-corrected chi connectivity index (χ2v) is 4.34. The first-order valence-electron chi connectivity index (χ1n) is 3.84. The molecule has 1 atom stereocenters. The lowest BCUT2D eigenvalue weighted by atomic mass is 9.93. The molecule has 1 aromatic carbocycles. The lowest BCUT2D eigenvalue weighted by Gasteiger charge is -2.21. The van der Waals surface area contributed by atoms with Crippen LogP contribution < -0.4 is 5.73 Å². The van der Waals surface area contributed by atoms with E-state index in [0.717, 1.165) is 0 Å². The maximum absolute atomic E-state index is 10.9. The molecule has 0 bridgehead atoms. The molecular formula is C9H9BrClNO2. The summed E-state index contributed by atoms with van der Waals surface area (Å²) in [5.41, 5.74) is 4.56. The lowest BCUT2D eigenvalue weighted by molar-refractivity contribution is -0.143. The number of carboxylic acids is 1. The number of halogens is 2. The second-order valence-electron chi connectivity index (χ2n) is 3.11. The van der Waals surface area contributed by atoms with E-state index in [1.165, 1.54) is 6.92 Å². The van der Waals surface area contributed by atoms with Gasteiger partial charge in [0.05, 0.1) is 5.02 Å². The Labute approximate surface area is 95.0 Å². The topological polar surface area (TPSA) is 63.3 Å². The fourth-order valence-electron chi connectivity index (χ4n) is 1.02. The van der Waals surface area contributed by atoms with Crippen LogP contribution in [-0.4, -0.2) is 11.1 Å². The molecular weight excluding hydrogens is 269 g/mol. The summed E-state index contributed by atoms with van der Waals surface area (Å²) < 4.78 is 0.634. The van der Waals surface area contributed by atoms with Crippen molar-refractivity contribution in [3.05, 3.63) is 33.3 Å². The Kier molecular flexibility index (Phi) is 3.19. The predicted molar refractivity (Wildman–Crippen MR) is 58.3 cm³/mol. The number of hydrogen-bond donors (Lipinski definition) is 2. The summed E-state index contributed by atoms with van der Waals surface area (Å²) in [5, 5.41) is 9.24. The van der Waals surface area contributed by atoms with E-state index in [2.05, 4.69) is 15.9 Å². The van der Waals surface area contributed by atoms with Crippen molar-refractivity contribution in [2.45, 2.75) is 12.5 Å². The van der Waals surface area contributed by atoms with E-state index in [9.17, 15) is 4.79 Å². The molecule has 3 N–H and O–H groups in total. The van der Waals surface area contributed by atoms with Gasteiger partial charge in [0.15, 0.2) is 0 Å². The average molecular weight is 279 g/mol. The van der Waals surface area contributed by atoms with Gasteiger partial charge in [-0.05, 0) is 28.9 Å². The molecule has 0 saturated carbocycles. The maximum Gasteiger partial charge on any atom is 0.328 e. The van der Waals surface area contributed by atoms with Gasteiger partial charge in [0.2, 0.25) is 0 Å². The molecule has 0 spiro atoms. The largest absolute Gasteiger partial charge is 0.480 e. The first kappa shape index (κ1) is 11.5. The molecule has 3 nitrogen and oxygen atoms in total. The van der Waals surface area contributed by atoms with Crippen LogP contribution in [0.3, 0.4) is 0 Å². The predicted octanol–water partition coefficient (Wildman–Crippen LogP) is 2.36. The molecule has 0 aromatic heterocycles. The third kappa shape index (κ3) is 1.92. The molecule has 1 rings (SSSR count). The van der Waals surface area contributed by atoms with Crippen molar-refractivity contribution < 1.29 is 9.90 Å². The molecule has 0 unspecified atom stereocenters. The Morgan fingerprint density at radius 1 is 1.64 bits per heavy atom. The molecule has 0 aliphatic carbocycles. The zero-order valence-electron chi connectivity index (χ0n) is 7.42. The monoisotopic (exact) mass is 277 g/mol. The fourth-order valence-corrected chi connectivity index (χ4v) is 1.71. The first-order valence-corrected chi connectivity index (χ1v) is 5.01. The van der Waals surface area contributed by atoms with E-state index in [1.54, 1.807) is 18.2 Å². The summed E-state index contributed by atoms with van der Waals surface area (Å²) in [7, 11) is 0. The molecule has 0 radical (unpaired) electrons. The van der Waals surface area contributed by atoms with E-state index in [4.69, 9.17) is 22.4 Å². The zero-order chi connectivity index (χ0) is 10.9. The number of aliphatic carboxylic acids is 1. The smallest absolute Gasteiger partial charge is 0.328 e. The minimum atomic E-state index is -1.47. The van der Waals surface area contributed by atoms with Crippen LogP contribution in [0.5, 0.6) is 0 Å². The van der Waals surface area contributed by atoms with Crippen LogP contribution in [0.1, 0.15) is 12.5 Å². The molecule has 14 heavy (non-hydrogen) atoms. The number of carboxylic acid groups (broad SMARTS) is 1. The molecule has 0 heterocycles. The van der Waals surface area contributed by atoms with Gasteiger partial charge >= 0.3 is 5.97 Å². The van der Waals surface area contributed by atoms with Gasteiger partial charge in [-0.1, -0.05) is 23.7 Å². The highest BCUT2D eigenvalue weighted by Crippen LogP contribution is 2.32. The Bertz CT molecular complexity index is 379. The van der Waals surface area contributed by atoms with Crippen LogP contribution in [0.2, 0.25) is 5.02 Å². The van der Waals surface area contributed by atoms with Gasteiger partial charge in [0.1, 0.15) is 5.54 Å². The molecule has 0 saturated heterocycles. The van der Waals surface area contributed by atoms with Crippen molar-refractivity contribution in [1.29, 1.82) is 0 Å². The van der Waals surface area contributed by atoms with Gasteiger partial charge in [-0.2, -0.15) is 0 Å². The van der Waals surface area contributed by atoms with Gasteiger partial charge in [-0.25, -0.2) is 4.79 Å².